The first-order chi connectivity index (χ1) is 16.9. The summed E-state index contributed by atoms with van der Waals surface area (Å²) in [5, 5.41) is 13.5. The van der Waals surface area contributed by atoms with Crippen LogP contribution in [0, 0.1) is 11.8 Å². The molecule has 5 rings (SSSR count). The van der Waals surface area contributed by atoms with E-state index >= 15 is 0 Å². The third-order valence-electron chi connectivity index (χ3n) is 8.01. The smallest absolute Gasteiger partial charge is 0.258 e. The zero-order valence-electron chi connectivity index (χ0n) is 20.3. The van der Waals surface area contributed by atoms with Gasteiger partial charge in [-0.15, -0.1) is 0 Å². The fourth-order valence-electron chi connectivity index (χ4n) is 6.30. The summed E-state index contributed by atoms with van der Waals surface area (Å²) in [6.07, 6.45) is 6.25. The van der Waals surface area contributed by atoms with Crippen LogP contribution in [-0.2, 0) is 16.1 Å². The van der Waals surface area contributed by atoms with Gasteiger partial charge in [-0.2, -0.15) is 0 Å². The predicted octanol–water partition coefficient (Wildman–Crippen LogP) is 3.19. The first kappa shape index (κ1) is 23.5. The summed E-state index contributed by atoms with van der Waals surface area (Å²) in [6.45, 7) is 3.47. The van der Waals surface area contributed by atoms with Crippen molar-refractivity contribution in [3.05, 3.63) is 75.7 Å². The number of aromatic nitrogens is 1. The zero-order valence-corrected chi connectivity index (χ0v) is 20.3. The Morgan fingerprint density at radius 3 is 2.57 bits per heavy atom. The average Bonchev–Trinajstić information content (AvgIpc) is 3.12. The van der Waals surface area contributed by atoms with Crippen molar-refractivity contribution in [2.75, 3.05) is 6.61 Å². The molecule has 3 heterocycles. The Kier molecular flexibility index (Phi) is 6.36. The van der Waals surface area contributed by atoms with Gasteiger partial charge in [-0.1, -0.05) is 36.4 Å². The second-order valence-electron chi connectivity index (χ2n) is 10.0. The lowest BCUT2D eigenvalue weighted by molar-refractivity contribution is -0.134. The Balaban J connectivity index is 1.54. The van der Waals surface area contributed by atoms with Crippen molar-refractivity contribution < 1.29 is 14.7 Å². The van der Waals surface area contributed by atoms with E-state index in [4.69, 9.17) is 0 Å². The van der Waals surface area contributed by atoms with E-state index in [-0.39, 0.29) is 36.6 Å². The number of amides is 2. The highest BCUT2D eigenvalue weighted by Gasteiger charge is 2.56. The Bertz CT molecular complexity index is 1220. The molecular formula is C28H33N3O4. The summed E-state index contributed by atoms with van der Waals surface area (Å²) < 4.78 is 1.75. The molecule has 5 atom stereocenters. The van der Waals surface area contributed by atoms with Crippen LogP contribution in [0.25, 0.3) is 5.57 Å². The van der Waals surface area contributed by atoms with Crippen LogP contribution in [0.1, 0.15) is 68.4 Å². The Labute approximate surface area is 205 Å². The Morgan fingerprint density at radius 2 is 1.91 bits per heavy atom. The lowest BCUT2D eigenvalue weighted by Gasteiger charge is -2.38. The van der Waals surface area contributed by atoms with Crippen molar-refractivity contribution in [2.24, 2.45) is 11.8 Å². The molecule has 1 aromatic heterocycles. The van der Waals surface area contributed by atoms with Crippen LogP contribution in [0.3, 0.4) is 0 Å². The molecule has 0 spiro atoms. The fourth-order valence-corrected chi connectivity index (χ4v) is 6.30. The van der Waals surface area contributed by atoms with Crippen molar-refractivity contribution in [1.29, 1.82) is 0 Å². The SMILES string of the molecule is CC(=O)N1[C@@H]2Cn3c(ccc(C4=CCCCC4)c3=O)[C@H]1[C@@H](C(=O)N[C@H](C)c1ccccc1)[C@@H]2CO. The van der Waals surface area contributed by atoms with Crippen molar-refractivity contribution in [2.45, 2.75) is 64.2 Å². The topological polar surface area (TPSA) is 91.6 Å². The third kappa shape index (κ3) is 4.01. The van der Waals surface area contributed by atoms with Crippen LogP contribution in [0.5, 0.6) is 0 Å². The van der Waals surface area contributed by atoms with Crippen LogP contribution in [-0.4, -0.2) is 39.0 Å². The second kappa shape index (κ2) is 9.46. The minimum Gasteiger partial charge on any atom is -0.396 e. The number of fused-ring (bicyclic) bond motifs is 4. The molecule has 2 amide bonds. The van der Waals surface area contributed by atoms with E-state index in [1.54, 1.807) is 9.47 Å². The molecule has 2 aromatic rings. The number of pyridine rings is 1. The summed E-state index contributed by atoms with van der Waals surface area (Å²) in [4.78, 5) is 41.7. The van der Waals surface area contributed by atoms with Crippen molar-refractivity contribution in [3.8, 4) is 0 Å². The maximum Gasteiger partial charge on any atom is 0.258 e. The molecular weight excluding hydrogens is 442 g/mol. The van der Waals surface area contributed by atoms with Gasteiger partial charge in [-0.3, -0.25) is 14.4 Å². The van der Waals surface area contributed by atoms with Crippen LogP contribution >= 0.6 is 0 Å². The first-order valence-electron chi connectivity index (χ1n) is 12.6. The number of benzene rings is 1. The lowest BCUT2D eigenvalue weighted by atomic mass is 9.86. The molecule has 184 valence electrons. The molecule has 0 unspecified atom stereocenters. The van der Waals surface area contributed by atoms with Crippen molar-refractivity contribution in [1.82, 2.24) is 14.8 Å². The van der Waals surface area contributed by atoms with E-state index < -0.39 is 23.9 Å². The summed E-state index contributed by atoms with van der Waals surface area (Å²) >= 11 is 0. The highest BCUT2D eigenvalue weighted by molar-refractivity contribution is 5.84. The maximum atomic E-state index is 13.7. The minimum absolute atomic E-state index is 0.0655. The van der Waals surface area contributed by atoms with Crippen molar-refractivity contribution >= 4 is 17.4 Å². The first-order valence-corrected chi connectivity index (χ1v) is 12.6. The van der Waals surface area contributed by atoms with E-state index in [0.717, 1.165) is 36.8 Å². The standard InChI is InChI=1S/C28H33N3O4/c1-17(19-9-5-3-6-10-19)29-27(34)25-22(16-32)24-15-30-23(26(25)31(24)18(2)33)14-13-21(28(30)35)20-11-7-4-8-12-20/h3,5-6,9-11,13-14,17,22,24-26,32H,4,7-8,12,15-16H2,1-2H3,(H,29,34)/t17-,22-,24-,25+,26+/m1/s1. The van der Waals surface area contributed by atoms with Crippen LogP contribution in [0.4, 0.5) is 0 Å². The molecule has 2 N–H and O–H groups in total. The monoisotopic (exact) mass is 475 g/mol. The Morgan fingerprint density at radius 1 is 1.14 bits per heavy atom. The molecule has 1 aliphatic carbocycles. The number of rotatable bonds is 5. The molecule has 0 radical (unpaired) electrons. The highest BCUT2D eigenvalue weighted by Crippen LogP contribution is 2.48. The second-order valence-corrected chi connectivity index (χ2v) is 10.0. The van der Waals surface area contributed by atoms with Gasteiger partial charge >= 0.3 is 0 Å². The fraction of sp³-hybridized carbons (Fsp3) is 0.464. The summed E-state index contributed by atoms with van der Waals surface area (Å²) in [6, 6.07) is 12.2. The Hall–Kier alpha value is -3.19. The molecule has 35 heavy (non-hydrogen) atoms. The van der Waals surface area contributed by atoms with Gasteiger partial charge in [-0.05, 0) is 55.9 Å². The van der Waals surface area contributed by atoms with Gasteiger partial charge in [0.05, 0.1) is 24.0 Å². The number of aliphatic hydroxyl groups excluding tert-OH is 1. The highest BCUT2D eigenvalue weighted by atomic mass is 16.3. The molecule has 1 fully saturated rings. The van der Waals surface area contributed by atoms with E-state index in [1.165, 1.54) is 6.92 Å². The summed E-state index contributed by atoms with van der Waals surface area (Å²) in [5.74, 6) is -1.46. The molecule has 7 heteroatoms. The predicted molar refractivity (Wildman–Crippen MR) is 133 cm³/mol. The van der Waals surface area contributed by atoms with Gasteiger partial charge in [0.2, 0.25) is 11.8 Å². The van der Waals surface area contributed by atoms with Crippen molar-refractivity contribution in [3.63, 3.8) is 0 Å². The molecule has 2 aliphatic heterocycles. The van der Waals surface area contributed by atoms with E-state index in [0.29, 0.717) is 11.3 Å². The largest absolute Gasteiger partial charge is 0.396 e. The van der Waals surface area contributed by atoms with Gasteiger partial charge in [-0.25, -0.2) is 0 Å². The van der Waals surface area contributed by atoms with Crippen LogP contribution in [0.2, 0.25) is 0 Å². The number of carbonyl (C=O) groups excluding carboxylic acids is 2. The quantitative estimate of drug-likeness (QED) is 0.695. The van der Waals surface area contributed by atoms with Gasteiger partial charge in [0, 0.05) is 37.3 Å². The van der Waals surface area contributed by atoms with Gasteiger partial charge in [0.25, 0.3) is 5.56 Å². The number of hydrogen-bond acceptors (Lipinski definition) is 4. The number of hydrogen-bond donors (Lipinski definition) is 2. The molecule has 2 bridgehead atoms. The van der Waals surface area contributed by atoms with Gasteiger partial charge in [0.15, 0.2) is 0 Å². The van der Waals surface area contributed by atoms with E-state index in [2.05, 4.69) is 11.4 Å². The third-order valence-corrected chi connectivity index (χ3v) is 8.01. The molecule has 0 saturated carbocycles. The normalized spacial score (nSPS) is 26.0. The maximum absolute atomic E-state index is 13.7. The minimum atomic E-state index is -0.645. The van der Waals surface area contributed by atoms with Crippen LogP contribution < -0.4 is 10.9 Å². The molecule has 1 saturated heterocycles. The molecule has 3 aliphatic rings. The average molecular weight is 476 g/mol. The molecule has 7 nitrogen and oxygen atoms in total. The lowest BCUT2D eigenvalue weighted by Crippen LogP contribution is -2.48. The molecule has 1 aromatic carbocycles. The number of nitrogens with one attached hydrogen (secondary N) is 1. The summed E-state index contributed by atoms with van der Waals surface area (Å²) in [5.41, 5.74) is 3.38. The zero-order chi connectivity index (χ0) is 24.7. The van der Waals surface area contributed by atoms with E-state index in [1.807, 2.05) is 49.4 Å². The van der Waals surface area contributed by atoms with Crippen LogP contribution in [0.15, 0.2) is 53.3 Å². The summed E-state index contributed by atoms with van der Waals surface area (Å²) in [7, 11) is 0. The number of allylic oxidation sites excluding steroid dienone is 2. The number of aliphatic hydroxyl groups is 1. The number of carbonyl (C=O) groups is 2. The number of nitrogens with zero attached hydrogens (tertiary/aromatic N) is 2. The van der Waals surface area contributed by atoms with Gasteiger partial charge < -0.3 is 19.9 Å². The van der Waals surface area contributed by atoms with Gasteiger partial charge in [0.1, 0.15) is 0 Å². The van der Waals surface area contributed by atoms with E-state index in [9.17, 15) is 19.5 Å².